The lowest BCUT2D eigenvalue weighted by Gasteiger charge is -2.43. The summed E-state index contributed by atoms with van der Waals surface area (Å²) in [4.78, 5) is 80.7. The molecule has 0 radical (unpaired) electrons. The van der Waals surface area contributed by atoms with Crippen LogP contribution in [0.15, 0.2) is 47.6 Å². The number of amides is 1. The molecule has 14 nitrogen and oxygen atoms in total. The molecule has 4 fully saturated rings. The van der Waals surface area contributed by atoms with Crippen LogP contribution in [0.2, 0.25) is 0 Å². The molecule has 1 saturated carbocycles. The molecule has 358 valence electrons. The maximum atomic E-state index is 14.2. The number of cyclic esters (lactones) is 1. The Morgan fingerprint density at radius 3 is 2.38 bits per heavy atom. The smallest absolute Gasteiger partial charge is 0.329 e. The zero-order chi connectivity index (χ0) is 47.3. The largest absolute Gasteiger partial charge is 0.460 e. The first kappa shape index (κ1) is 53.0. The topological polar surface area (TPSA) is 192 Å². The molecule has 3 saturated heterocycles. The van der Waals surface area contributed by atoms with E-state index in [-0.39, 0.29) is 73.3 Å². The van der Waals surface area contributed by atoms with Gasteiger partial charge in [0.15, 0.2) is 5.78 Å². The third-order valence-electron chi connectivity index (χ3n) is 14.2. The molecular weight excluding hydrogens is 823 g/mol. The Hall–Kier alpha value is -3.66. The van der Waals surface area contributed by atoms with E-state index in [4.69, 9.17) is 23.7 Å². The van der Waals surface area contributed by atoms with Crippen LogP contribution in [-0.2, 0) is 52.5 Å². The van der Waals surface area contributed by atoms with Crippen LogP contribution in [0.5, 0.6) is 0 Å². The standard InChI is InChI=1S/C50H75NO13/c1-30(21-34(5)43(55)29-60-7)13-11-10-12-14-32(3)44(61-8)26-38-17-15-35(6)50(59,64-38)47(56)48(57)51-20-19-37-25-40(51)49(58)63-45(27-42(54)33(4)22-31(2)28-52)39(37)23-36-16-18-41(53)46(24-36)62-9/h10-14,22,28,30,33-41,44-46,53,59H,15-21,23-27,29H2,1-9H3/b12-10+,13-11+,31-22+,32-14+/t30-,33-,34-,35-,36+,37+,38+,39?,40+,41-,44+,45+,46-,50-/m1/s1. The summed E-state index contributed by atoms with van der Waals surface area (Å²) in [5.41, 5.74) is 1.31. The number of likely N-dealkylation sites (tertiary alicyclic amines) is 1. The van der Waals surface area contributed by atoms with E-state index >= 15 is 0 Å². The zero-order valence-electron chi connectivity index (χ0n) is 39.6. The Balaban J connectivity index is 1.45. The number of hydrogen-bond donors (Lipinski definition) is 2. The minimum atomic E-state index is -2.43. The van der Waals surface area contributed by atoms with Gasteiger partial charge in [-0.2, -0.15) is 0 Å². The minimum absolute atomic E-state index is 0.0743. The van der Waals surface area contributed by atoms with Gasteiger partial charge in [0.1, 0.15) is 30.8 Å². The molecule has 14 heteroatoms. The van der Waals surface area contributed by atoms with Crippen LogP contribution in [0.25, 0.3) is 0 Å². The van der Waals surface area contributed by atoms with E-state index in [1.807, 2.05) is 44.2 Å². The molecule has 1 aliphatic carbocycles. The molecule has 3 aliphatic heterocycles. The number of hydrogen-bond acceptors (Lipinski definition) is 13. The number of methoxy groups -OCH3 is 3. The number of esters is 1. The van der Waals surface area contributed by atoms with Crippen molar-refractivity contribution in [1.82, 2.24) is 4.90 Å². The lowest BCUT2D eigenvalue weighted by atomic mass is 9.71. The Morgan fingerprint density at radius 1 is 0.969 bits per heavy atom. The van der Waals surface area contributed by atoms with Gasteiger partial charge < -0.3 is 38.8 Å². The summed E-state index contributed by atoms with van der Waals surface area (Å²) in [5.74, 6) is -6.82. The number of aliphatic hydroxyl groups is 2. The van der Waals surface area contributed by atoms with Gasteiger partial charge in [0.2, 0.25) is 5.79 Å². The molecule has 64 heavy (non-hydrogen) atoms. The number of aldehydes is 1. The number of fused-ring (bicyclic) bond motifs is 2. The summed E-state index contributed by atoms with van der Waals surface area (Å²) in [5, 5.41) is 22.4. The van der Waals surface area contributed by atoms with Crippen molar-refractivity contribution in [3.63, 3.8) is 0 Å². The van der Waals surface area contributed by atoms with Gasteiger partial charge in [-0.1, -0.05) is 64.2 Å². The SMILES string of the molecule is COCC(=O)[C@H](C)C[C@H](C)/C=C/C=C/C=C(\C)[C@H](C[C@@H]1CC[C@@H](C)[C@](O)(C(=O)C(=O)N2CC[C@H]3C[C@H]2C(=O)O[C@@H](CC(=O)[C@H](C)/C=C(\C)C=O)C3C[C@@H]2CC[C@@H](O)[C@H](OC)C2)O1)OC. The second kappa shape index (κ2) is 24.7. The Labute approximate surface area is 380 Å². The van der Waals surface area contributed by atoms with E-state index in [0.717, 1.165) is 18.4 Å². The minimum Gasteiger partial charge on any atom is -0.460 e. The van der Waals surface area contributed by atoms with Crippen molar-refractivity contribution in [1.29, 1.82) is 0 Å². The second-order valence-electron chi connectivity index (χ2n) is 19.1. The average molecular weight is 898 g/mol. The van der Waals surface area contributed by atoms with Crippen molar-refractivity contribution in [2.75, 3.05) is 34.5 Å². The highest BCUT2D eigenvalue weighted by Crippen LogP contribution is 2.44. The van der Waals surface area contributed by atoms with Gasteiger partial charge in [-0.05, 0) is 106 Å². The fourth-order valence-corrected chi connectivity index (χ4v) is 10.1. The highest BCUT2D eigenvalue weighted by Gasteiger charge is 2.55. The Bertz CT molecular complexity index is 1750. The van der Waals surface area contributed by atoms with Crippen LogP contribution >= 0.6 is 0 Å². The third-order valence-corrected chi connectivity index (χ3v) is 14.2. The van der Waals surface area contributed by atoms with Gasteiger partial charge in [0.25, 0.3) is 11.7 Å². The van der Waals surface area contributed by atoms with E-state index < -0.39 is 65.7 Å². The maximum Gasteiger partial charge on any atom is 0.329 e. The lowest BCUT2D eigenvalue weighted by Crippen LogP contribution is -2.61. The summed E-state index contributed by atoms with van der Waals surface area (Å²) in [6.45, 7) is 11.1. The highest BCUT2D eigenvalue weighted by atomic mass is 16.6. The fourth-order valence-electron chi connectivity index (χ4n) is 10.1. The third kappa shape index (κ3) is 13.9. The highest BCUT2D eigenvalue weighted by molar-refractivity contribution is 6.39. The van der Waals surface area contributed by atoms with E-state index in [1.54, 1.807) is 41.1 Å². The quantitative estimate of drug-likeness (QED) is 0.0433. The molecule has 0 aromatic carbocycles. The van der Waals surface area contributed by atoms with Crippen molar-refractivity contribution in [2.24, 2.45) is 41.4 Å². The fraction of sp³-hybridized carbons (Fsp3) is 0.720. The van der Waals surface area contributed by atoms with Gasteiger partial charge in [-0.3, -0.25) is 24.0 Å². The van der Waals surface area contributed by atoms with Crippen LogP contribution in [0.4, 0.5) is 0 Å². The van der Waals surface area contributed by atoms with E-state index in [1.165, 1.54) is 12.0 Å². The van der Waals surface area contributed by atoms with Crippen LogP contribution in [0.3, 0.4) is 0 Å². The Morgan fingerprint density at radius 2 is 1.70 bits per heavy atom. The lowest BCUT2D eigenvalue weighted by molar-refractivity contribution is -0.265. The number of carbonyl (C=O) groups excluding carboxylic acids is 6. The summed E-state index contributed by atoms with van der Waals surface area (Å²) < 4.78 is 28.7. The number of piperidine rings is 1. The van der Waals surface area contributed by atoms with Gasteiger partial charge >= 0.3 is 5.97 Å². The normalized spacial score (nSPS) is 32.4. The van der Waals surface area contributed by atoms with Crippen molar-refractivity contribution >= 4 is 35.5 Å². The molecule has 1 amide bonds. The van der Waals surface area contributed by atoms with E-state index in [0.29, 0.717) is 56.8 Å². The summed E-state index contributed by atoms with van der Waals surface area (Å²) in [6.07, 6.45) is 14.4. The summed E-state index contributed by atoms with van der Waals surface area (Å²) in [7, 11) is 4.67. The number of ketones is 3. The number of carbonyl (C=O) groups is 6. The van der Waals surface area contributed by atoms with Gasteiger partial charge in [0.05, 0.1) is 24.4 Å². The molecule has 4 rings (SSSR count). The van der Waals surface area contributed by atoms with Gasteiger partial charge in [0, 0.05) is 58.5 Å². The van der Waals surface area contributed by atoms with Crippen molar-refractivity contribution < 1.29 is 62.7 Å². The molecule has 2 bridgehead atoms. The molecule has 4 aliphatic rings. The molecule has 14 atom stereocenters. The zero-order valence-corrected chi connectivity index (χ0v) is 39.6. The van der Waals surface area contributed by atoms with Gasteiger partial charge in [-0.25, -0.2) is 4.79 Å². The average Bonchev–Trinajstić information content (AvgIpc) is 3.36. The number of rotatable bonds is 22. The van der Waals surface area contributed by atoms with Crippen LogP contribution in [-0.4, -0.2) is 127 Å². The number of nitrogens with zero attached hydrogens (tertiary/aromatic N) is 1. The molecule has 2 N–H and O–H groups in total. The van der Waals surface area contributed by atoms with Crippen molar-refractivity contribution in [3.05, 3.63) is 47.6 Å². The molecule has 0 aromatic heterocycles. The number of Topliss-reactive ketones (excluding diaryl/α,β-unsaturated/α-hetero) is 3. The van der Waals surface area contributed by atoms with Gasteiger partial charge in [-0.15, -0.1) is 0 Å². The first-order chi connectivity index (χ1) is 30.4. The van der Waals surface area contributed by atoms with Crippen LogP contribution < -0.4 is 0 Å². The monoisotopic (exact) mass is 898 g/mol. The first-order valence-corrected chi connectivity index (χ1v) is 23.3. The van der Waals surface area contributed by atoms with Crippen molar-refractivity contribution in [2.45, 2.75) is 155 Å². The van der Waals surface area contributed by atoms with Crippen LogP contribution in [0.1, 0.15) is 112 Å². The molecule has 3 heterocycles. The molecule has 0 spiro atoms. The van der Waals surface area contributed by atoms with Crippen molar-refractivity contribution in [3.8, 4) is 0 Å². The molecule has 1 unspecified atom stereocenters. The Kier molecular flexibility index (Phi) is 20.5. The molecular formula is C50H75NO13. The number of allylic oxidation sites excluding steroid dienone is 7. The summed E-state index contributed by atoms with van der Waals surface area (Å²) >= 11 is 0. The van der Waals surface area contributed by atoms with E-state index in [9.17, 15) is 39.0 Å². The van der Waals surface area contributed by atoms with E-state index in [2.05, 4.69) is 6.92 Å². The van der Waals surface area contributed by atoms with Crippen LogP contribution in [0, 0.1) is 41.4 Å². The maximum absolute atomic E-state index is 14.2. The predicted octanol–water partition coefficient (Wildman–Crippen LogP) is 5.86. The predicted molar refractivity (Wildman–Crippen MR) is 239 cm³/mol. The molecule has 0 aromatic rings. The second-order valence-corrected chi connectivity index (χ2v) is 19.1. The number of aliphatic hydroxyl groups excluding tert-OH is 1. The summed E-state index contributed by atoms with van der Waals surface area (Å²) in [6, 6.07) is -1.10. The first-order valence-electron chi connectivity index (χ1n) is 23.3. The number of ether oxygens (including phenoxy) is 5.